The Morgan fingerprint density at radius 2 is 1.50 bits per heavy atom. The zero-order chi connectivity index (χ0) is 32.8. The van der Waals surface area contributed by atoms with Crippen LogP contribution in [0.25, 0.3) is 0 Å². The number of hydrogen-bond donors (Lipinski definition) is 0. The van der Waals surface area contributed by atoms with Crippen molar-refractivity contribution >= 4 is 20.2 Å². The van der Waals surface area contributed by atoms with Crippen LogP contribution in [0.1, 0.15) is 72.9 Å². The van der Waals surface area contributed by atoms with Crippen LogP contribution in [0.5, 0.6) is 0 Å². The number of carbonyl (C=O) groups excluding carboxylic acids is 2. The average Bonchev–Trinajstić information content (AvgIpc) is 3.17. The van der Waals surface area contributed by atoms with Crippen molar-refractivity contribution in [1.82, 2.24) is 9.80 Å². The van der Waals surface area contributed by atoms with Gasteiger partial charge in [0.1, 0.15) is 5.72 Å². The molecule has 0 radical (unpaired) electrons. The van der Waals surface area contributed by atoms with E-state index < -0.39 is 37.8 Å². The molecule has 0 saturated carbocycles. The van der Waals surface area contributed by atoms with Gasteiger partial charge in [-0.05, 0) is 76.4 Å². The summed E-state index contributed by atoms with van der Waals surface area (Å²) < 4.78 is 18.9. The number of carbonyl (C=O) groups is 2. The minimum Gasteiger partial charge on any atom is -0.436 e. The molecule has 2 aromatic rings. The summed E-state index contributed by atoms with van der Waals surface area (Å²) in [4.78, 5) is 31.8. The fourth-order valence-electron chi connectivity index (χ4n) is 5.53. The fraction of sp³-hybridized carbons (Fsp3) is 0.556. The molecule has 0 spiro atoms. The molecule has 0 unspecified atom stereocenters. The number of ketones is 1. The zero-order valence-corrected chi connectivity index (χ0v) is 29.6. The Balaban J connectivity index is 2.07. The Labute approximate surface area is 266 Å². The van der Waals surface area contributed by atoms with E-state index in [-0.39, 0.29) is 10.8 Å². The fourth-order valence-corrected chi connectivity index (χ4v) is 6.59. The van der Waals surface area contributed by atoms with E-state index in [1.54, 1.807) is 17.9 Å². The van der Waals surface area contributed by atoms with Gasteiger partial charge < -0.3 is 13.9 Å². The minimum atomic E-state index is -2.07. The maximum atomic E-state index is 14.0. The lowest BCUT2D eigenvalue weighted by Gasteiger charge is -2.41. The van der Waals surface area contributed by atoms with E-state index in [9.17, 15) is 9.59 Å². The Kier molecular flexibility index (Phi) is 11.8. The third-order valence-corrected chi connectivity index (χ3v) is 13.4. The molecule has 1 aliphatic heterocycles. The minimum absolute atomic E-state index is 0.0375. The first kappa shape index (κ1) is 35.7. The van der Waals surface area contributed by atoms with Crippen molar-refractivity contribution in [2.24, 2.45) is 0 Å². The molecule has 0 aliphatic carbocycles. The Morgan fingerprint density at radius 1 is 0.977 bits per heavy atom. The summed E-state index contributed by atoms with van der Waals surface area (Å²) in [5.74, 6) is -0.250. The highest BCUT2D eigenvalue weighted by molar-refractivity contribution is 6.74. The van der Waals surface area contributed by atoms with Gasteiger partial charge in [-0.2, -0.15) is 0 Å². The van der Waals surface area contributed by atoms with E-state index in [1.807, 2.05) is 64.1 Å². The van der Waals surface area contributed by atoms with Crippen molar-refractivity contribution in [3.8, 4) is 0 Å². The molecule has 1 heterocycles. The monoisotopic (exact) mass is 622 g/mol. The summed E-state index contributed by atoms with van der Waals surface area (Å²) in [6, 6.07) is 20.0. The highest BCUT2D eigenvalue weighted by Gasteiger charge is 2.51. The molecule has 242 valence electrons. The second-order valence-electron chi connectivity index (χ2n) is 14.4. The molecular formula is C36H54N2O5Si. The summed E-state index contributed by atoms with van der Waals surface area (Å²) in [5, 5.41) is 0.0375. The van der Waals surface area contributed by atoms with Crippen LogP contribution in [0.3, 0.4) is 0 Å². The van der Waals surface area contributed by atoms with Crippen molar-refractivity contribution < 1.29 is 23.5 Å². The van der Waals surface area contributed by atoms with Gasteiger partial charge in [0.05, 0.1) is 18.2 Å². The predicted octanol–water partition coefficient (Wildman–Crippen LogP) is 7.97. The number of nitrogens with zero attached hydrogens (tertiary/aromatic N) is 2. The number of amides is 1. The molecule has 8 heteroatoms. The summed E-state index contributed by atoms with van der Waals surface area (Å²) in [6.45, 7) is 22.5. The first-order valence-electron chi connectivity index (χ1n) is 15.8. The van der Waals surface area contributed by atoms with Crippen LogP contribution in [-0.4, -0.2) is 66.6 Å². The standard InChI is InChI=1S/C36H54N2O5Si/c1-11-18-31(39)32(43-33(40)38-35(5,6)27-41-36(38,7)8)30(23-24-42-44(9,10)34(2,3)4)37(25-28-19-14-12-15-20-28)26-29-21-16-13-17-22-29/h11-22,30,32H,23-27H2,1-10H3/b18-11+/t30-,32+/m0/s1. The number of allylic oxidation sites excluding steroid dienone is 1. The second-order valence-corrected chi connectivity index (χ2v) is 19.2. The Hall–Kier alpha value is -2.78. The Morgan fingerprint density at radius 3 is 1.93 bits per heavy atom. The van der Waals surface area contributed by atoms with Crippen LogP contribution in [0.2, 0.25) is 18.1 Å². The van der Waals surface area contributed by atoms with Gasteiger partial charge in [-0.3, -0.25) is 14.6 Å². The van der Waals surface area contributed by atoms with Gasteiger partial charge >= 0.3 is 6.09 Å². The summed E-state index contributed by atoms with van der Waals surface area (Å²) in [6.07, 6.45) is 2.12. The van der Waals surface area contributed by atoms with Crippen LogP contribution < -0.4 is 0 Å². The number of rotatable bonds is 13. The van der Waals surface area contributed by atoms with Crippen molar-refractivity contribution in [3.05, 3.63) is 83.9 Å². The lowest BCUT2D eigenvalue weighted by atomic mass is 9.99. The van der Waals surface area contributed by atoms with Crippen LogP contribution in [0.15, 0.2) is 72.8 Å². The molecule has 7 nitrogen and oxygen atoms in total. The maximum Gasteiger partial charge on any atom is 0.413 e. The maximum absolute atomic E-state index is 14.0. The van der Waals surface area contributed by atoms with Crippen molar-refractivity contribution in [2.75, 3.05) is 13.2 Å². The van der Waals surface area contributed by atoms with E-state index in [1.165, 1.54) is 6.08 Å². The van der Waals surface area contributed by atoms with Crippen molar-refractivity contribution in [3.63, 3.8) is 0 Å². The largest absolute Gasteiger partial charge is 0.436 e. The van der Waals surface area contributed by atoms with Gasteiger partial charge in [0.25, 0.3) is 0 Å². The first-order valence-corrected chi connectivity index (χ1v) is 18.7. The van der Waals surface area contributed by atoms with E-state index in [0.717, 1.165) is 11.1 Å². The molecular weight excluding hydrogens is 568 g/mol. The Bertz CT molecular complexity index is 1200. The van der Waals surface area contributed by atoms with Gasteiger partial charge in [0.15, 0.2) is 20.2 Å². The summed E-state index contributed by atoms with van der Waals surface area (Å²) in [7, 11) is -2.07. The van der Waals surface area contributed by atoms with E-state index in [0.29, 0.717) is 32.7 Å². The van der Waals surface area contributed by atoms with E-state index in [2.05, 4.69) is 63.0 Å². The van der Waals surface area contributed by atoms with Gasteiger partial charge in [-0.1, -0.05) is 87.5 Å². The number of ether oxygens (including phenoxy) is 2. The number of hydrogen-bond acceptors (Lipinski definition) is 6. The van der Waals surface area contributed by atoms with Crippen LogP contribution in [0.4, 0.5) is 4.79 Å². The molecule has 0 bridgehead atoms. The lowest BCUT2D eigenvalue weighted by Crippen LogP contribution is -2.56. The molecule has 0 N–H and O–H groups in total. The highest BCUT2D eigenvalue weighted by Crippen LogP contribution is 2.38. The van der Waals surface area contributed by atoms with Crippen LogP contribution >= 0.6 is 0 Å². The molecule has 1 aliphatic rings. The molecule has 0 aromatic heterocycles. The molecule has 1 saturated heterocycles. The van der Waals surface area contributed by atoms with Crippen LogP contribution in [-0.2, 0) is 31.8 Å². The average molecular weight is 623 g/mol. The van der Waals surface area contributed by atoms with Gasteiger partial charge in [-0.25, -0.2) is 4.79 Å². The summed E-state index contributed by atoms with van der Waals surface area (Å²) in [5.41, 5.74) is 0.752. The predicted molar refractivity (Wildman–Crippen MR) is 180 cm³/mol. The number of benzene rings is 2. The summed E-state index contributed by atoms with van der Waals surface area (Å²) >= 11 is 0. The van der Waals surface area contributed by atoms with E-state index in [4.69, 9.17) is 13.9 Å². The third-order valence-electron chi connectivity index (χ3n) is 8.90. The smallest absolute Gasteiger partial charge is 0.413 e. The van der Waals surface area contributed by atoms with Crippen molar-refractivity contribution in [1.29, 1.82) is 0 Å². The normalized spacial score (nSPS) is 18.0. The van der Waals surface area contributed by atoms with Gasteiger partial charge in [0, 0.05) is 19.7 Å². The molecule has 2 atom stereocenters. The molecule has 44 heavy (non-hydrogen) atoms. The second kappa shape index (κ2) is 14.5. The molecule has 2 aromatic carbocycles. The SMILES string of the molecule is C/C=C/C(=O)[C@H](OC(=O)N1C(C)(C)COC1(C)C)[C@H](CCO[Si](C)(C)C(C)(C)C)N(Cc1ccccc1)Cc1ccccc1. The van der Waals surface area contributed by atoms with Gasteiger partial charge in [-0.15, -0.1) is 0 Å². The van der Waals surface area contributed by atoms with E-state index >= 15 is 0 Å². The molecule has 1 fully saturated rings. The topological polar surface area (TPSA) is 68.3 Å². The van der Waals surface area contributed by atoms with Gasteiger partial charge in [0.2, 0.25) is 0 Å². The molecule has 1 amide bonds. The molecule has 3 rings (SSSR count). The quantitative estimate of drug-likeness (QED) is 0.167. The first-order chi connectivity index (χ1) is 20.5. The third kappa shape index (κ3) is 9.13. The van der Waals surface area contributed by atoms with Crippen molar-refractivity contribution in [2.45, 2.75) is 116 Å². The van der Waals surface area contributed by atoms with Crippen LogP contribution in [0, 0.1) is 0 Å². The lowest BCUT2D eigenvalue weighted by molar-refractivity contribution is -0.130. The highest BCUT2D eigenvalue weighted by atomic mass is 28.4. The zero-order valence-electron chi connectivity index (χ0n) is 28.6.